The topological polar surface area (TPSA) is 119 Å². The number of nitrogens with two attached hydrogens (primary N) is 1. The first-order chi connectivity index (χ1) is 17.2. The SMILES string of the molecule is Cc1cc(C)cc(NC(=O)COC(=O)c2ccc(N3C(=O)CC(Sc4cccc(N)c4)C3=O)cc2)c1. The van der Waals surface area contributed by atoms with Crippen molar-refractivity contribution in [2.75, 3.05) is 22.6 Å². The van der Waals surface area contributed by atoms with E-state index in [1.54, 1.807) is 18.2 Å². The maximum atomic E-state index is 12.9. The van der Waals surface area contributed by atoms with Gasteiger partial charge in [-0.1, -0.05) is 12.1 Å². The second-order valence-corrected chi connectivity index (χ2v) is 9.77. The number of rotatable bonds is 7. The fraction of sp³-hybridized carbons (Fsp3) is 0.185. The normalized spacial score (nSPS) is 15.2. The summed E-state index contributed by atoms with van der Waals surface area (Å²) in [5, 5.41) is 2.15. The molecule has 184 valence electrons. The Morgan fingerprint density at radius 3 is 2.39 bits per heavy atom. The average molecular weight is 504 g/mol. The minimum atomic E-state index is -0.689. The molecular formula is C27H25N3O5S. The fourth-order valence-electron chi connectivity index (χ4n) is 3.92. The maximum Gasteiger partial charge on any atom is 0.338 e. The molecule has 0 aromatic heterocycles. The van der Waals surface area contributed by atoms with Gasteiger partial charge in [-0.25, -0.2) is 9.69 Å². The summed E-state index contributed by atoms with van der Waals surface area (Å²) in [6.45, 7) is 3.40. The van der Waals surface area contributed by atoms with E-state index in [1.807, 2.05) is 38.1 Å². The predicted molar refractivity (Wildman–Crippen MR) is 139 cm³/mol. The molecule has 0 aliphatic carbocycles. The summed E-state index contributed by atoms with van der Waals surface area (Å²) in [5.74, 6) is -1.79. The van der Waals surface area contributed by atoms with Gasteiger partial charge < -0.3 is 15.8 Å². The second-order valence-electron chi connectivity index (χ2n) is 8.50. The molecule has 9 heteroatoms. The lowest BCUT2D eigenvalue weighted by atomic mass is 10.1. The molecule has 1 saturated heterocycles. The quantitative estimate of drug-likeness (QED) is 0.283. The van der Waals surface area contributed by atoms with Gasteiger partial charge >= 0.3 is 5.97 Å². The fourth-order valence-corrected chi connectivity index (χ4v) is 5.05. The number of hydrogen-bond acceptors (Lipinski definition) is 7. The third-order valence-electron chi connectivity index (χ3n) is 5.44. The van der Waals surface area contributed by atoms with E-state index in [1.165, 1.54) is 36.0 Å². The highest BCUT2D eigenvalue weighted by atomic mass is 32.2. The van der Waals surface area contributed by atoms with Gasteiger partial charge in [0.2, 0.25) is 11.8 Å². The zero-order valence-electron chi connectivity index (χ0n) is 19.8. The molecule has 1 unspecified atom stereocenters. The summed E-state index contributed by atoms with van der Waals surface area (Å²) >= 11 is 1.29. The molecule has 0 bridgehead atoms. The van der Waals surface area contributed by atoms with E-state index in [0.29, 0.717) is 17.1 Å². The minimum absolute atomic E-state index is 0.0671. The van der Waals surface area contributed by atoms with Gasteiger partial charge in [0.25, 0.3) is 5.91 Å². The van der Waals surface area contributed by atoms with Crippen LogP contribution >= 0.6 is 11.8 Å². The largest absolute Gasteiger partial charge is 0.452 e. The van der Waals surface area contributed by atoms with E-state index < -0.39 is 23.7 Å². The molecule has 1 aliphatic heterocycles. The molecule has 4 rings (SSSR count). The number of esters is 1. The molecule has 0 radical (unpaired) electrons. The van der Waals surface area contributed by atoms with Gasteiger partial charge in [0.15, 0.2) is 6.61 Å². The lowest BCUT2D eigenvalue weighted by molar-refractivity contribution is -0.121. The third kappa shape index (κ3) is 5.92. The molecule has 1 heterocycles. The number of nitrogen functional groups attached to an aromatic ring is 1. The van der Waals surface area contributed by atoms with Crippen molar-refractivity contribution in [2.24, 2.45) is 0 Å². The molecule has 0 spiro atoms. The van der Waals surface area contributed by atoms with E-state index in [9.17, 15) is 19.2 Å². The maximum absolute atomic E-state index is 12.9. The molecule has 8 nitrogen and oxygen atoms in total. The Bertz CT molecular complexity index is 1320. The summed E-state index contributed by atoms with van der Waals surface area (Å²) in [6, 6.07) is 18.7. The Balaban J connectivity index is 1.34. The molecule has 36 heavy (non-hydrogen) atoms. The number of nitrogens with zero attached hydrogens (tertiary/aromatic N) is 1. The van der Waals surface area contributed by atoms with Crippen LogP contribution in [0.3, 0.4) is 0 Å². The zero-order chi connectivity index (χ0) is 25.8. The molecule has 3 aromatic carbocycles. The van der Waals surface area contributed by atoms with Crippen molar-refractivity contribution in [1.29, 1.82) is 0 Å². The molecule has 3 amide bonds. The minimum Gasteiger partial charge on any atom is -0.452 e. The molecule has 3 aromatic rings. The van der Waals surface area contributed by atoms with E-state index in [2.05, 4.69) is 5.32 Å². The van der Waals surface area contributed by atoms with Gasteiger partial charge in [0.05, 0.1) is 16.5 Å². The highest BCUT2D eigenvalue weighted by Gasteiger charge is 2.40. The summed E-state index contributed by atoms with van der Waals surface area (Å²) in [6.07, 6.45) is 0.0671. The number of amides is 3. The molecule has 1 aliphatic rings. The van der Waals surface area contributed by atoms with Gasteiger partial charge in [0, 0.05) is 22.7 Å². The summed E-state index contributed by atoms with van der Waals surface area (Å²) in [5.41, 5.74) is 9.59. The van der Waals surface area contributed by atoms with Crippen molar-refractivity contribution in [3.8, 4) is 0 Å². The van der Waals surface area contributed by atoms with Gasteiger partial charge in [-0.05, 0) is 79.6 Å². The monoisotopic (exact) mass is 503 g/mol. The Labute approximate surface area is 212 Å². The van der Waals surface area contributed by atoms with E-state index >= 15 is 0 Å². The number of ether oxygens (including phenoxy) is 1. The van der Waals surface area contributed by atoms with E-state index in [0.717, 1.165) is 20.9 Å². The summed E-state index contributed by atoms with van der Waals surface area (Å²) in [4.78, 5) is 52.0. The molecule has 3 N–H and O–H groups in total. The Hall–Kier alpha value is -4.11. The number of nitrogens with one attached hydrogen (secondary N) is 1. The highest BCUT2D eigenvalue weighted by molar-refractivity contribution is 8.00. The Kier molecular flexibility index (Phi) is 7.40. The average Bonchev–Trinajstić information content (AvgIpc) is 3.09. The van der Waals surface area contributed by atoms with E-state index in [4.69, 9.17) is 10.5 Å². The number of hydrogen-bond donors (Lipinski definition) is 2. The molecule has 0 saturated carbocycles. The van der Waals surface area contributed by atoms with Gasteiger partial charge in [-0.15, -0.1) is 11.8 Å². The van der Waals surface area contributed by atoms with Crippen molar-refractivity contribution in [3.63, 3.8) is 0 Å². The van der Waals surface area contributed by atoms with Crippen molar-refractivity contribution in [3.05, 3.63) is 83.4 Å². The van der Waals surface area contributed by atoms with Crippen LogP contribution < -0.4 is 16.0 Å². The molecule has 1 atom stereocenters. The van der Waals surface area contributed by atoms with Crippen LogP contribution in [0, 0.1) is 13.8 Å². The van der Waals surface area contributed by atoms with Crippen LogP contribution in [0.25, 0.3) is 0 Å². The third-order valence-corrected chi connectivity index (χ3v) is 6.62. The Morgan fingerprint density at radius 1 is 1.03 bits per heavy atom. The van der Waals surface area contributed by atoms with Gasteiger partial charge in [-0.3, -0.25) is 14.4 Å². The first kappa shape index (κ1) is 25.0. The molecule has 1 fully saturated rings. The predicted octanol–water partition coefficient (Wildman–Crippen LogP) is 4.11. The summed E-state index contributed by atoms with van der Waals surface area (Å²) in [7, 11) is 0. The number of carbonyl (C=O) groups excluding carboxylic acids is 4. The smallest absolute Gasteiger partial charge is 0.338 e. The lowest BCUT2D eigenvalue weighted by Gasteiger charge is -2.15. The van der Waals surface area contributed by atoms with Crippen LogP contribution in [0.5, 0.6) is 0 Å². The number of anilines is 3. The van der Waals surface area contributed by atoms with E-state index in [-0.39, 0.29) is 23.8 Å². The summed E-state index contributed by atoms with van der Waals surface area (Å²) < 4.78 is 5.11. The standard InChI is InChI=1S/C27H25N3O5S/c1-16-10-17(2)12-20(11-16)29-24(31)15-35-27(34)18-6-8-21(9-7-18)30-25(32)14-23(26(30)33)36-22-5-3-4-19(28)13-22/h3-13,23H,14-15,28H2,1-2H3,(H,29,31). The number of imide groups is 1. The van der Waals surface area contributed by atoms with Crippen molar-refractivity contribution >= 4 is 52.5 Å². The lowest BCUT2D eigenvalue weighted by Crippen LogP contribution is -2.31. The Morgan fingerprint density at radius 2 is 1.72 bits per heavy atom. The van der Waals surface area contributed by atoms with Crippen LogP contribution in [-0.2, 0) is 19.1 Å². The van der Waals surface area contributed by atoms with Crippen molar-refractivity contribution < 1.29 is 23.9 Å². The first-order valence-electron chi connectivity index (χ1n) is 11.2. The first-order valence-corrected chi connectivity index (χ1v) is 12.1. The van der Waals surface area contributed by atoms with Crippen LogP contribution in [0.4, 0.5) is 17.1 Å². The van der Waals surface area contributed by atoms with Crippen molar-refractivity contribution in [2.45, 2.75) is 30.4 Å². The van der Waals surface area contributed by atoms with Crippen LogP contribution in [0.1, 0.15) is 27.9 Å². The number of benzene rings is 3. The second kappa shape index (κ2) is 10.7. The van der Waals surface area contributed by atoms with Gasteiger partial charge in [-0.2, -0.15) is 0 Å². The number of thioether (sulfide) groups is 1. The molecular weight excluding hydrogens is 478 g/mol. The van der Waals surface area contributed by atoms with Crippen LogP contribution in [0.2, 0.25) is 0 Å². The van der Waals surface area contributed by atoms with Crippen LogP contribution in [-0.4, -0.2) is 35.5 Å². The van der Waals surface area contributed by atoms with Crippen LogP contribution in [0.15, 0.2) is 71.6 Å². The highest BCUT2D eigenvalue weighted by Crippen LogP contribution is 2.34. The van der Waals surface area contributed by atoms with Crippen molar-refractivity contribution in [1.82, 2.24) is 0 Å². The zero-order valence-corrected chi connectivity index (χ0v) is 20.6. The number of aryl methyl sites for hydroxylation is 2. The van der Waals surface area contributed by atoms with Gasteiger partial charge in [0.1, 0.15) is 0 Å². The number of carbonyl (C=O) groups is 4.